The summed E-state index contributed by atoms with van der Waals surface area (Å²) in [5.41, 5.74) is 1.31. The van der Waals surface area contributed by atoms with Crippen molar-refractivity contribution in [1.82, 2.24) is 5.32 Å². The van der Waals surface area contributed by atoms with Crippen LogP contribution in [0.25, 0.3) is 0 Å². The van der Waals surface area contributed by atoms with Gasteiger partial charge in [-0.25, -0.2) is 0 Å². The summed E-state index contributed by atoms with van der Waals surface area (Å²) in [6.07, 6.45) is 2.69. The van der Waals surface area contributed by atoms with Gasteiger partial charge in [-0.3, -0.25) is 0 Å². The summed E-state index contributed by atoms with van der Waals surface area (Å²) in [7, 11) is 0. The summed E-state index contributed by atoms with van der Waals surface area (Å²) in [5, 5.41) is 3.42. The summed E-state index contributed by atoms with van der Waals surface area (Å²) in [6.45, 7) is 6.39. The van der Waals surface area contributed by atoms with Crippen molar-refractivity contribution in [2.24, 2.45) is 5.92 Å². The van der Waals surface area contributed by atoms with Crippen LogP contribution in [0.1, 0.15) is 19.8 Å². The fourth-order valence-corrected chi connectivity index (χ4v) is 2.46. The summed E-state index contributed by atoms with van der Waals surface area (Å²) >= 11 is 0. The van der Waals surface area contributed by atoms with Crippen molar-refractivity contribution in [1.29, 1.82) is 0 Å². The van der Waals surface area contributed by atoms with Crippen LogP contribution in [0.3, 0.4) is 0 Å². The standard InChI is InChI=1S/C15H22N2O.2ClH/c1-12-10-16-8-9-17(12)14-4-6-15(7-5-14)18-11-13-2-3-13;;/h4-7,12-13,16H,2-3,8-11H2,1H3;2*1H/t12-;;/m1../s1. The Balaban J connectivity index is 0.000001000. The predicted molar refractivity (Wildman–Crippen MR) is 88.8 cm³/mol. The van der Waals surface area contributed by atoms with E-state index in [4.69, 9.17) is 4.74 Å². The van der Waals surface area contributed by atoms with Crippen LogP contribution < -0.4 is 15.0 Å². The van der Waals surface area contributed by atoms with Gasteiger partial charge < -0.3 is 15.0 Å². The predicted octanol–water partition coefficient (Wildman–Crippen LogP) is 3.12. The maximum Gasteiger partial charge on any atom is 0.119 e. The minimum absolute atomic E-state index is 0. The molecule has 0 radical (unpaired) electrons. The van der Waals surface area contributed by atoms with Crippen LogP contribution >= 0.6 is 24.8 Å². The molecule has 0 amide bonds. The number of anilines is 1. The first kappa shape index (κ1) is 17.4. The van der Waals surface area contributed by atoms with E-state index in [1.807, 2.05) is 0 Å². The largest absolute Gasteiger partial charge is 0.493 e. The Kier molecular flexibility index (Phi) is 6.93. The lowest BCUT2D eigenvalue weighted by Crippen LogP contribution is -2.49. The minimum atomic E-state index is 0. The van der Waals surface area contributed by atoms with Crippen LogP contribution in [-0.2, 0) is 0 Å². The zero-order valence-corrected chi connectivity index (χ0v) is 13.5. The molecule has 0 bridgehead atoms. The number of hydrogen-bond donors (Lipinski definition) is 1. The van der Waals surface area contributed by atoms with E-state index in [9.17, 15) is 0 Å². The molecular weight excluding hydrogens is 295 g/mol. The Morgan fingerprint density at radius 1 is 1.20 bits per heavy atom. The topological polar surface area (TPSA) is 24.5 Å². The molecule has 0 spiro atoms. The van der Waals surface area contributed by atoms with Crippen molar-refractivity contribution in [2.75, 3.05) is 31.1 Å². The molecule has 1 atom stereocenters. The molecule has 20 heavy (non-hydrogen) atoms. The number of nitrogens with zero attached hydrogens (tertiary/aromatic N) is 1. The minimum Gasteiger partial charge on any atom is -0.493 e. The van der Waals surface area contributed by atoms with E-state index in [1.54, 1.807) is 0 Å². The Bertz CT molecular complexity index is 395. The first-order chi connectivity index (χ1) is 8.83. The van der Waals surface area contributed by atoms with Crippen LogP contribution in [0.2, 0.25) is 0 Å². The van der Waals surface area contributed by atoms with Gasteiger partial charge >= 0.3 is 0 Å². The van der Waals surface area contributed by atoms with Crippen LogP contribution in [0.15, 0.2) is 24.3 Å². The van der Waals surface area contributed by atoms with Crippen molar-refractivity contribution in [3.8, 4) is 5.75 Å². The van der Waals surface area contributed by atoms with Crippen LogP contribution in [-0.4, -0.2) is 32.3 Å². The third-order valence-electron chi connectivity index (χ3n) is 3.85. The highest BCUT2D eigenvalue weighted by Gasteiger charge is 2.22. The van der Waals surface area contributed by atoms with Crippen molar-refractivity contribution in [3.63, 3.8) is 0 Å². The van der Waals surface area contributed by atoms with Crippen LogP contribution in [0.4, 0.5) is 5.69 Å². The highest BCUT2D eigenvalue weighted by molar-refractivity contribution is 5.85. The summed E-state index contributed by atoms with van der Waals surface area (Å²) < 4.78 is 5.77. The first-order valence-electron chi connectivity index (χ1n) is 7.03. The molecule has 3 nitrogen and oxygen atoms in total. The molecule has 2 aliphatic rings. The number of rotatable bonds is 4. The van der Waals surface area contributed by atoms with Crippen molar-refractivity contribution >= 4 is 30.5 Å². The van der Waals surface area contributed by atoms with Gasteiger partial charge in [0, 0.05) is 31.4 Å². The maximum atomic E-state index is 5.77. The van der Waals surface area contributed by atoms with Gasteiger partial charge in [-0.05, 0) is 49.9 Å². The van der Waals surface area contributed by atoms with E-state index in [0.717, 1.165) is 37.9 Å². The smallest absolute Gasteiger partial charge is 0.119 e. The van der Waals surface area contributed by atoms with Crippen molar-refractivity contribution in [2.45, 2.75) is 25.8 Å². The van der Waals surface area contributed by atoms with E-state index >= 15 is 0 Å². The molecule has 3 rings (SSSR count). The molecule has 0 unspecified atom stereocenters. The van der Waals surface area contributed by atoms with E-state index < -0.39 is 0 Å². The number of nitrogens with one attached hydrogen (secondary N) is 1. The number of halogens is 2. The van der Waals surface area contributed by atoms with Crippen LogP contribution in [0, 0.1) is 5.92 Å². The average Bonchev–Trinajstić information content (AvgIpc) is 3.22. The Labute approximate surface area is 133 Å². The molecule has 1 saturated carbocycles. The first-order valence-corrected chi connectivity index (χ1v) is 7.03. The molecule has 5 heteroatoms. The molecule has 1 heterocycles. The number of ether oxygens (including phenoxy) is 1. The fourth-order valence-electron chi connectivity index (χ4n) is 2.46. The van der Waals surface area contributed by atoms with Gasteiger partial charge in [0.15, 0.2) is 0 Å². The third kappa shape index (κ3) is 4.44. The molecule has 1 aromatic carbocycles. The van der Waals surface area contributed by atoms with Crippen molar-refractivity contribution < 1.29 is 4.74 Å². The highest BCUT2D eigenvalue weighted by Crippen LogP contribution is 2.30. The average molecular weight is 319 g/mol. The molecule has 1 aliphatic heterocycles. The molecule has 1 aromatic rings. The second-order valence-corrected chi connectivity index (χ2v) is 5.49. The van der Waals surface area contributed by atoms with E-state index in [-0.39, 0.29) is 24.8 Å². The molecule has 1 N–H and O–H groups in total. The molecule has 1 aliphatic carbocycles. The maximum absolute atomic E-state index is 5.77. The van der Waals surface area contributed by atoms with Crippen LogP contribution in [0.5, 0.6) is 5.75 Å². The van der Waals surface area contributed by atoms with Gasteiger partial charge in [-0.15, -0.1) is 24.8 Å². The van der Waals surface area contributed by atoms with Gasteiger partial charge in [0.05, 0.1) is 6.61 Å². The SMILES string of the molecule is C[C@@H]1CNCCN1c1ccc(OCC2CC2)cc1.Cl.Cl. The Morgan fingerprint density at radius 2 is 1.90 bits per heavy atom. The van der Waals surface area contributed by atoms with E-state index in [1.165, 1.54) is 18.5 Å². The van der Waals surface area contributed by atoms with Gasteiger partial charge in [0.25, 0.3) is 0 Å². The van der Waals surface area contributed by atoms with E-state index in [0.29, 0.717) is 6.04 Å². The van der Waals surface area contributed by atoms with E-state index in [2.05, 4.69) is 41.4 Å². The monoisotopic (exact) mass is 318 g/mol. The molecular formula is C15H24Cl2N2O. The molecule has 1 saturated heterocycles. The van der Waals surface area contributed by atoms with Gasteiger partial charge in [-0.1, -0.05) is 0 Å². The second kappa shape index (κ2) is 7.96. The van der Waals surface area contributed by atoms with Crippen molar-refractivity contribution in [3.05, 3.63) is 24.3 Å². The van der Waals surface area contributed by atoms with Gasteiger partial charge in [0.2, 0.25) is 0 Å². The quantitative estimate of drug-likeness (QED) is 0.923. The van der Waals surface area contributed by atoms with Gasteiger partial charge in [0.1, 0.15) is 5.75 Å². The van der Waals surface area contributed by atoms with Gasteiger partial charge in [-0.2, -0.15) is 0 Å². The lowest BCUT2D eigenvalue weighted by atomic mass is 10.2. The molecule has 114 valence electrons. The summed E-state index contributed by atoms with van der Waals surface area (Å²) in [5.74, 6) is 1.83. The lowest BCUT2D eigenvalue weighted by Gasteiger charge is -2.35. The number of benzene rings is 1. The number of hydrogen-bond acceptors (Lipinski definition) is 3. The third-order valence-corrected chi connectivity index (χ3v) is 3.85. The molecule has 0 aromatic heterocycles. The highest BCUT2D eigenvalue weighted by atomic mass is 35.5. The molecule has 2 fully saturated rings. The lowest BCUT2D eigenvalue weighted by molar-refractivity contribution is 0.300. The zero-order chi connectivity index (χ0) is 12.4. The fraction of sp³-hybridized carbons (Fsp3) is 0.600. The number of piperazine rings is 1. The Hall–Kier alpha value is -0.640. The Morgan fingerprint density at radius 3 is 2.50 bits per heavy atom. The summed E-state index contributed by atoms with van der Waals surface area (Å²) in [6, 6.07) is 9.14. The summed E-state index contributed by atoms with van der Waals surface area (Å²) in [4.78, 5) is 2.46. The normalized spacial score (nSPS) is 21.6. The zero-order valence-electron chi connectivity index (χ0n) is 11.9. The second-order valence-electron chi connectivity index (χ2n) is 5.49.